The van der Waals surface area contributed by atoms with Gasteiger partial charge in [-0.05, 0) is 13.3 Å². The molecule has 1 aromatic heterocycles. The van der Waals surface area contributed by atoms with Crippen LogP contribution in [0.3, 0.4) is 0 Å². The van der Waals surface area contributed by atoms with Gasteiger partial charge in [-0.15, -0.1) is 0 Å². The number of hydrogen-bond acceptors (Lipinski definition) is 5. The van der Waals surface area contributed by atoms with Crippen LogP contribution in [-0.4, -0.2) is 46.4 Å². The number of aromatic nitrogens is 1. The Labute approximate surface area is 125 Å². The second-order valence-electron chi connectivity index (χ2n) is 5.50. The van der Waals surface area contributed by atoms with Gasteiger partial charge in [0.1, 0.15) is 11.3 Å². The lowest BCUT2D eigenvalue weighted by Gasteiger charge is -2.44. The lowest BCUT2D eigenvalue weighted by Crippen LogP contribution is -2.60. The van der Waals surface area contributed by atoms with Gasteiger partial charge in [0.05, 0.1) is 18.7 Å². The van der Waals surface area contributed by atoms with Crippen LogP contribution in [0.15, 0.2) is 11.0 Å². The zero-order valence-electron chi connectivity index (χ0n) is 12.1. The first kappa shape index (κ1) is 14.6. The van der Waals surface area contributed by atoms with Crippen molar-refractivity contribution in [1.82, 2.24) is 9.47 Å². The Morgan fingerprint density at radius 1 is 1.45 bits per heavy atom. The molecule has 2 atom stereocenters. The fourth-order valence-electron chi connectivity index (χ4n) is 3.02. The molecule has 8 heteroatoms. The van der Waals surface area contributed by atoms with E-state index in [1.54, 1.807) is 4.90 Å². The zero-order valence-corrected chi connectivity index (χ0v) is 12.1. The third-order valence-electron chi connectivity index (χ3n) is 4.16. The molecule has 8 nitrogen and oxygen atoms in total. The van der Waals surface area contributed by atoms with Crippen molar-refractivity contribution in [1.29, 1.82) is 0 Å². The first-order valence-electron chi connectivity index (χ1n) is 6.99. The summed E-state index contributed by atoms with van der Waals surface area (Å²) in [6.45, 7) is 2.70. The van der Waals surface area contributed by atoms with Crippen LogP contribution in [0.5, 0.6) is 0 Å². The Bertz CT molecular complexity index is 739. The van der Waals surface area contributed by atoms with E-state index in [-0.39, 0.29) is 29.4 Å². The Kier molecular flexibility index (Phi) is 3.42. The molecule has 1 fully saturated rings. The van der Waals surface area contributed by atoms with E-state index < -0.39 is 23.5 Å². The number of aldehydes is 1. The Hall–Kier alpha value is -2.32. The highest BCUT2D eigenvalue weighted by molar-refractivity contribution is 6.02. The Balaban J connectivity index is 2.23. The van der Waals surface area contributed by atoms with Crippen molar-refractivity contribution in [3.05, 3.63) is 33.2 Å². The van der Waals surface area contributed by atoms with Crippen LogP contribution >= 0.6 is 0 Å². The summed E-state index contributed by atoms with van der Waals surface area (Å²) < 4.78 is 7.05. The normalized spacial score (nSPS) is 23.7. The Morgan fingerprint density at radius 3 is 2.82 bits per heavy atom. The molecule has 3 heterocycles. The second kappa shape index (κ2) is 5.15. The summed E-state index contributed by atoms with van der Waals surface area (Å²) in [4.78, 5) is 49.2. The van der Waals surface area contributed by atoms with Crippen molar-refractivity contribution >= 4 is 18.1 Å². The highest BCUT2D eigenvalue weighted by Gasteiger charge is 2.40. The third kappa shape index (κ3) is 1.99. The molecule has 0 aromatic carbocycles. The third-order valence-corrected chi connectivity index (χ3v) is 4.16. The average molecular weight is 306 g/mol. The molecular weight excluding hydrogens is 290 g/mol. The number of hydrogen-bond donors (Lipinski definition) is 1. The molecule has 3 N–H and O–H groups in total. The smallest absolute Gasteiger partial charge is 0.346 e. The maximum absolute atomic E-state index is 12.7. The number of ether oxygens (including phenoxy) is 1. The minimum atomic E-state index is -0.751. The molecule has 1 aromatic rings. The van der Waals surface area contributed by atoms with Crippen molar-refractivity contribution in [2.75, 3.05) is 6.61 Å². The second-order valence-corrected chi connectivity index (χ2v) is 5.50. The number of carbonyl (C=O) groups excluding carboxylic acids is 3. The lowest BCUT2D eigenvalue weighted by atomic mass is 10.0. The van der Waals surface area contributed by atoms with E-state index in [1.165, 1.54) is 10.8 Å². The number of pyridine rings is 1. The summed E-state index contributed by atoms with van der Waals surface area (Å²) in [5.41, 5.74) is 1.98. The number of amides is 2. The molecule has 0 spiro atoms. The molecule has 0 unspecified atom stereocenters. The summed E-state index contributed by atoms with van der Waals surface area (Å²) in [6, 6.07) is -0.0382. The first-order valence-corrected chi connectivity index (χ1v) is 6.99. The number of nitrogens with zero attached hydrogens (tertiary/aromatic N) is 2. The van der Waals surface area contributed by atoms with Gasteiger partial charge in [-0.3, -0.25) is 20.1 Å². The predicted octanol–water partition coefficient (Wildman–Crippen LogP) is -1.37. The quantitative estimate of drug-likeness (QED) is 0.677. The average Bonchev–Trinajstić information content (AvgIpc) is 2.47. The van der Waals surface area contributed by atoms with Crippen LogP contribution < -0.4 is 11.2 Å². The van der Waals surface area contributed by atoms with Crippen LogP contribution in [0, 0.1) is 0 Å². The van der Waals surface area contributed by atoms with Crippen LogP contribution in [0.1, 0.15) is 44.5 Å². The maximum atomic E-state index is 12.7. The van der Waals surface area contributed by atoms with Gasteiger partial charge in [0.15, 0.2) is 12.5 Å². The maximum Gasteiger partial charge on any atom is 0.346 e. The molecule has 3 rings (SSSR count). The van der Waals surface area contributed by atoms with E-state index in [9.17, 15) is 19.2 Å². The molecular formula is C14H16N3O5+. The summed E-state index contributed by atoms with van der Waals surface area (Å²) in [5.74, 6) is -1.11. The van der Waals surface area contributed by atoms with Gasteiger partial charge >= 0.3 is 5.91 Å². The van der Waals surface area contributed by atoms with Gasteiger partial charge in [-0.1, -0.05) is 0 Å². The summed E-state index contributed by atoms with van der Waals surface area (Å²) in [5, 5.41) is 0. The van der Waals surface area contributed by atoms with E-state index in [1.807, 2.05) is 6.92 Å². The van der Waals surface area contributed by atoms with Gasteiger partial charge in [-0.2, -0.15) is 0 Å². The van der Waals surface area contributed by atoms with Gasteiger partial charge in [0.25, 0.3) is 5.91 Å². The molecule has 2 aliphatic heterocycles. The van der Waals surface area contributed by atoms with Crippen LogP contribution in [0.25, 0.3) is 0 Å². The number of carbonyl (C=O) groups is 3. The number of fused-ring (bicyclic) bond motifs is 2. The topological polar surface area (TPSA) is 113 Å². The van der Waals surface area contributed by atoms with Crippen molar-refractivity contribution < 1.29 is 24.9 Å². The molecule has 116 valence electrons. The van der Waals surface area contributed by atoms with Crippen molar-refractivity contribution in [2.24, 2.45) is 0 Å². The van der Waals surface area contributed by atoms with Gasteiger partial charge in [0.2, 0.25) is 5.43 Å². The lowest BCUT2D eigenvalue weighted by molar-refractivity contribution is -0.255. The largest absolute Gasteiger partial charge is 0.356 e. The number of rotatable bonds is 2. The zero-order chi connectivity index (χ0) is 16.0. The van der Waals surface area contributed by atoms with Crippen molar-refractivity contribution in [3.63, 3.8) is 0 Å². The SMILES string of the molecule is C[C@@H]1CCO[C@H]2Cn3cc(C([NH3+])=O)c(=O)c(C=O)c3C(=O)N12. The fraction of sp³-hybridized carbons (Fsp3) is 0.429. The molecule has 2 amide bonds. The van der Waals surface area contributed by atoms with Crippen molar-refractivity contribution in [3.8, 4) is 0 Å². The van der Waals surface area contributed by atoms with Crippen molar-refractivity contribution in [2.45, 2.75) is 32.2 Å². The molecule has 0 radical (unpaired) electrons. The van der Waals surface area contributed by atoms with E-state index in [0.29, 0.717) is 19.3 Å². The van der Waals surface area contributed by atoms with Gasteiger partial charge in [-0.25, -0.2) is 4.79 Å². The summed E-state index contributed by atoms with van der Waals surface area (Å²) in [7, 11) is 0. The van der Waals surface area contributed by atoms with E-state index in [2.05, 4.69) is 5.73 Å². The molecule has 0 aliphatic carbocycles. The fourth-order valence-corrected chi connectivity index (χ4v) is 3.02. The summed E-state index contributed by atoms with van der Waals surface area (Å²) >= 11 is 0. The van der Waals surface area contributed by atoms with E-state index in [0.717, 1.165) is 0 Å². The molecule has 2 aliphatic rings. The van der Waals surface area contributed by atoms with Gasteiger partial charge in [0, 0.05) is 12.2 Å². The standard InChI is InChI=1S/C14H15N3O5/c1-7-2-3-22-10-5-16-4-8(13(15)20)12(19)9(6-18)11(16)14(21)17(7)10/h4,6-7,10H,2-3,5H2,1H3,(H2,15,20)/p+1/t7-,10+/m1/s1. The van der Waals surface area contributed by atoms with Crippen LogP contribution in [-0.2, 0) is 11.3 Å². The predicted molar refractivity (Wildman–Crippen MR) is 73.3 cm³/mol. The van der Waals surface area contributed by atoms with E-state index in [4.69, 9.17) is 4.74 Å². The highest BCUT2D eigenvalue weighted by Crippen LogP contribution is 2.26. The van der Waals surface area contributed by atoms with Gasteiger partial charge < -0.3 is 14.2 Å². The van der Waals surface area contributed by atoms with Crippen LogP contribution in [0.4, 0.5) is 0 Å². The Morgan fingerprint density at radius 2 is 2.18 bits per heavy atom. The van der Waals surface area contributed by atoms with E-state index >= 15 is 0 Å². The minimum absolute atomic E-state index is 0.0126. The first-order chi connectivity index (χ1) is 10.5. The monoisotopic (exact) mass is 306 g/mol. The highest BCUT2D eigenvalue weighted by atomic mass is 16.5. The minimum Gasteiger partial charge on any atom is -0.356 e. The number of quaternary nitrogens is 1. The molecule has 22 heavy (non-hydrogen) atoms. The molecule has 0 saturated carbocycles. The molecule has 0 bridgehead atoms. The summed E-state index contributed by atoms with van der Waals surface area (Å²) in [6.07, 6.45) is 1.85. The molecule has 1 saturated heterocycles. The van der Waals surface area contributed by atoms with Crippen LogP contribution in [0.2, 0.25) is 0 Å².